The minimum absolute atomic E-state index is 0.0888. The Morgan fingerprint density at radius 3 is 2.34 bits per heavy atom. The molecule has 1 saturated heterocycles. The van der Waals surface area contributed by atoms with E-state index in [-0.39, 0.29) is 25.5 Å². The standard InChI is InChI=1S/C27H32N2O6/c1-2-3-13-23(24(30)29-15-8-14-27(34,17-29)25(31)32)28-26(33)35-16-22-20-11-6-4-9-18(20)19-10-5-7-12-21(19)22/h4-7,9-12,22-23,34H,2-3,8,13-17H2,1H3,(H,28,33)(H,31,32)/t23-,27?/m0/s1. The molecule has 1 fully saturated rings. The summed E-state index contributed by atoms with van der Waals surface area (Å²) < 4.78 is 5.60. The molecule has 1 heterocycles. The third-order valence-corrected chi connectivity index (χ3v) is 6.96. The zero-order valence-corrected chi connectivity index (χ0v) is 19.9. The molecule has 8 heteroatoms. The fourth-order valence-electron chi connectivity index (χ4n) is 5.07. The molecule has 35 heavy (non-hydrogen) atoms. The number of carboxylic acids is 1. The summed E-state index contributed by atoms with van der Waals surface area (Å²) in [7, 11) is 0. The number of unbranched alkanes of at least 4 members (excludes halogenated alkanes) is 1. The van der Waals surface area contributed by atoms with Gasteiger partial charge in [-0.05, 0) is 41.5 Å². The molecule has 1 aliphatic heterocycles. The number of likely N-dealkylation sites (tertiary alicyclic amines) is 1. The highest BCUT2D eigenvalue weighted by molar-refractivity contribution is 5.87. The monoisotopic (exact) mass is 480 g/mol. The minimum Gasteiger partial charge on any atom is -0.479 e. The van der Waals surface area contributed by atoms with E-state index in [4.69, 9.17) is 4.74 Å². The lowest BCUT2D eigenvalue weighted by atomic mass is 9.92. The lowest BCUT2D eigenvalue weighted by Gasteiger charge is -2.38. The second kappa shape index (κ2) is 10.5. The molecule has 2 aromatic rings. The molecule has 0 aromatic heterocycles. The Balaban J connectivity index is 1.42. The Morgan fingerprint density at radius 1 is 1.11 bits per heavy atom. The Hall–Kier alpha value is -3.39. The van der Waals surface area contributed by atoms with Crippen molar-refractivity contribution < 1.29 is 29.3 Å². The number of β-amino-alcohol motifs (C(OH)–C–C–N with tert-alkyl or cyclic N) is 1. The van der Waals surface area contributed by atoms with E-state index in [1.165, 1.54) is 4.90 Å². The second-order valence-electron chi connectivity index (χ2n) is 9.36. The third kappa shape index (κ3) is 5.17. The predicted molar refractivity (Wildman–Crippen MR) is 130 cm³/mol. The number of hydrogen-bond donors (Lipinski definition) is 3. The number of piperidine rings is 1. The van der Waals surface area contributed by atoms with Crippen molar-refractivity contribution in [3.63, 3.8) is 0 Å². The number of amides is 2. The van der Waals surface area contributed by atoms with Crippen LogP contribution in [0.25, 0.3) is 11.1 Å². The van der Waals surface area contributed by atoms with Gasteiger partial charge in [0.25, 0.3) is 0 Å². The number of nitrogens with one attached hydrogen (secondary N) is 1. The van der Waals surface area contributed by atoms with Gasteiger partial charge in [0, 0.05) is 12.5 Å². The van der Waals surface area contributed by atoms with Crippen molar-refractivity contribution in [3.8, 4) is 11.1 Å². The van der Waals surface area contributed by atoms with E-state index in [1.54, 1.807) is 0 Å². The molecule has 186 valence electrons. The molecule has 0 saturated carbocycles. The SMILES string of the molecule is CCCC[C@H](NC(=O)OCC1c2ccccc2-c2ccccc21)C(=O)N1CCCC(O)(C(=O)O)C1. The zero-order chi connectivity index (χ0) is 25.0. The van der Waals surface area contributed by atoms with Gasteiger partial charge in [-0.15, -0.1) is 0 Å². The first-order valence-corrected chi connectivity index (χ1v) is 12.2. The highest BCUT2D eigenvalue weighted by Gasteiger charge is 2.43. The number of benzene rings is 2. The van der Waals surface area contributed by atoms with Gasteiger partial charge < -0.3 is 25.2 Å². The van der Waals surface area contributed by atoms with Crippen LogP contribution in [0.1, 0.15) is 56.1 Å². The van der Waals surface area contributed by atoms with E-state index in [0.29, 0.717) is 25.8 Å². The van der Waals surface area contributed by atoms with Crippen molar-refractivity contribution >= 4 is 18.0 Å². The van der Waals surface area contributed by atoms with Gasteiger partial charge in [0.1, 0.15) is 12.6 Å². The Labute approximate surface area is 204 Å². The average Bonchev–Trinajstić information content (AvgIpc) is 3.18. The van der Waals surface area contributed by atoms with Gasteiger partial charge in [0.2, 0.25) is 5.91 Å². The molecule has 4 rings (SSSR count). The van der Waals surface area contributed by atoms with Gasteiger partial charge in [-0.2, -0.15) is 0 Å². The maximum absolute atomic E-state index is 13.2. The maximum atomic E-state index is 13.2. The molecule has 0 spiro atoms. The van der Waals surface area contributed by atoms with Gasteiger partial charge in [-0.1, -0.05) is 68.3 Å². The number of fused-ring (bicyclic) bond motifs is 3. The van der Waals surface area contributed by atoms with Crippen molar-refractivity contribution in [1.82, 2.24) is 10.2 Å². The number of aliphatic carboxylic acids is 1. The average molecular weight is 481 g/mol. The summed E-state index contributed by atoms with van der Waals surface area (Å²) in [6.07, 6.45) is 1.71. The molecular formula is C27H32N2O6. The molecular weight excluding hydrogens is 448 g/mol. The van der Waals surface area contributed by atoms with E-state index < -0.39 is 29.6 Å². The maximum Gasteiger partial charge on any atom is 0.407 e. The summed E-state index contributed by atoms with van der Waals surface area (Å²) >= 11 is 0. The van der Waals surface area contributed by atoms with Crippen LogP contribution in [-0.2, 0) is 14.3 Å². The zero-order valence-electron chi connectivity index (χ0n) is 19.9. The third-order valence-electron chi connectivity index (χ3n) is 6.96. The summed E-state index contributed by atoms with van der Waals surface area (Å²) in [6.45, 7) is 2.16. The van der Waals surface area contributed by atoms with E-state index in [1.807, 2.05) is 43.3 Å². The number of rotatable bonds is 8. The number of alkyl carbamates (subject to hydrolysis) is 1. The summed E-state index contributed by atoms with van der Waals surface area (Å²) in [4.78, 5) is 38.8. The van der Waals surface area contributed by atoms with Crippen LogP contribution in [0.3, 0.4) is 0 Å². The van der Waals surface area contributed by atoms with Crippen LogP contribution in [0.15, 0.2) is 48.5 Å². The lowest BCUT2D eigenvalue weighted by Crippen LogP contribution is -2.58. The fraction of sp³-hybridized carbons (Fsp3) is 0.444. The normalized spacial score (nSPS) is 20.0. The van der Waals surface area contributed by atoms with Crippen LogP contribution >= 0.6 is 0 Å². The van der Waals surface area contributed by atoms with Gasteiger partial charge >= 0.3 is 12.1 Å². The van der Waals surface area contributed by atoms with Crippen LogP contribution in [0.2, 0.25) is 0 Å². The summed E-state index contributed by atoms with van der Waals surface area (Å²) in [5, 5.41) is 22.4. The number of ether oxygens (including phenoxy) is 1. The van der Waals surface area contributed by atoms with Crippen LogP contribution in [0.5, 0.6) is 0 Å². The number of carbonyl (C=O) groups excluding carboxylic acids is 2. The van der Waals surface area contributed by atoms with Crippen molar-refractivity contribution in [3.05, 3.63) is 59.7 Å². The van der Waals surface area contributed by atoms with E-state index >= 15 is 0 Å². The van der Waals surface area contributed by atoms with Crippen LogP contribution < -0.4 is 5.32 Å². The van der Waals surface area contributed by atoms with Gasteiger partial charge in [-0.3, -0.25) is 4.79 Å². The molecule has 1 unspecified atom stereocenters. The predicted octanol–water partition coefficient (Wildman–Crippen LogP) is 3.52. The van der Waals surface area contributed by atoms with Crippen molar-refractivity contribution in [2.45, 2.75) is 56.6 Å². The Kier molecular flexibility index (Phi) is 7.40. The molecule has 2 amide bonds. The first-order chi connectivity index (χ1) is 16.8. The summed E-state index contributed by atoms with van der Waals surface area (Å²) in [5.41, 5.74) is 2.49. The molecule has 1 aliphatic carbocycles. The van der Waals surface area contributed by atoms with Crippen molar-refractivity contribution in [2.75, 3.05) is 19.7 Å². The molecule has 2 atom stereocenters. The lowest BCUT2D eigenvalue weighted by molar-refractivity contribution is -0.167. The molecule has 0 bridgehead atoms. The molecule has 2 aliphatic rings. The molecule has 2 aromatic carbocycles. The van der Waals surface area contributed by atoms with E-state index in [9.17, 15) is 24.6 Å². The van der Waals surface area contributed by atoms with Crippen molar-refractivity contribution in [2.24, 2.45) is 0 Å². The van der Waals surface area contributed by atoms with Gasteiger partial charge in [0.15, 0.2) is 5.60 Å². The quantitative estimate of drug-likeness (QED) is 0.532. The van der Waals surface area contributed by atoms with Crippen LogP contribution in [0, 0.1) is 0 Å². The summed E-state index contributed by atoms with van der Waals surface area (Å²) in [6, 6.07) is 15.3. The fourth-order valence-corrected chi connectivity index (χ4v) is 5.07. The highest BCUT2D eigenvalue weighted by atomic mass is 16.5. The first kappa shape index (κ1) is 24.7. The van der Waals surface area contributed by atoms with Crippen molar-refractivity contribution in [1.29, 1.82) is 0 Å². The number of carbonyl (C=O) groups is 3. The molecule has 0 radical (unpaired) electrons. The second-order valence-corrected chi connectivity index (χ2v) is 9.36. The topological polar surface area (TPSA) is 116 Å². The number of aliphatic hydroxyl groups is 1. The van der Waals surface area contributed by atoms with E-state index in [2.05, 4.69) is 17.4 Å². The number of carboxylic acid groups (broad SMARTS) is 1. The Bertz CT molecular complexity index is 1060. The Morgan fingerprint density at radius 2 is 1.74 bits per heavy atom. The van der Waals surface area contributed by atoms with E-state index in [0.717, 1.165) is 28.7 Å². The largest absolute Gasteiger partial charge is 0.479 e. The first-order valence-electron chi connectivity index (χ1n) is 12.2. The minimum atomic E-state index is -1.97. The summed E-state index contributed by atoms with van der Waals surface area (Å²) in [5.74, 6) is -1.83. The number of hydrogen-bond acceptors (Lipinski definition) is 5. The molecule has 8 nitrogen and oxygen atoms in total. The van der Waals surface area contributed by atoms with Gasteiger partial charge in [0.05, 0.1) is 6.54 Å². The van der Waals surface area contributed by atoms with Gasteiger partial charge in [-0.25, -0.2) is 9.59 Å². The number of nitrogens with zero attached hydrogens (tertiary/aromatic N) is 1. The molecule has 3 N–H and O–H groups in total. The highest BCUT2D eigenvalue weighted by Crippen LogP contribution is 2.44. The smallest absolute Gasteiger partial charge is 0.407 e. The van der Waals surface area contributed by atoms with Crippen LogP contribution in [0.4, 0.5) is 4.79 Å². The van der Waals surface area contributed by atoms with Crippen LogP contribution in [-0.4, -0.2) is 64.4 Å².